The van der Waals surface area contributed by atoms with E-state index in [1.807, 2.05) is 0 Å². The summed E-state index contributed by atoms with van der Waals surface area (Å²) in [5.74, 6) is 1.71. The number of rotatable bonds is 10. The van der Waals surface area contributed by atoms with E-state index < -0.39 is 0 Å². The molecule has 0 spiro atoms. The van der Waals surface area contributed by atoms with Gasteiger partial charge >= 0.3 is 0 Å². The molecule has 0 aromatic heterocycles. The first-order valence-electron chi connectivity index (χ1n) is 8.85. The van der Waals surface area contributed by atoms with Gasteiger partial charge in [-0.25, -0.2) is 0 Å². The van der Waals surface area contributed by atoms with E-state index in [0.29, 0.717) is 5.41 Å². The second kappa shape index (κ2) is 7.50. The van der Waals surface area contributed by atoms with Crippen LogP contribution in [0.1, 0.15) is 84.5 Å². The van der Waals surface area contributed by atoms with E-state index in [4.69, 9.17) is 0 Å². The standard InChI is InChI=1S/C19H33/c1-3-5-7-9-13-19(14-10-8-6-4-2)16-17-11-12-18(19)15-17/h11-12,16-18H,3-10,13-15H2,1-2H3. The van der Waals surface area contributed by atoms with Gasteiger partial charge in [-0.3, -0.25) is 0 Å². The van der Waals surface area contributed by atoms with Crippen molar-refractivity contribution in [2.24, 2.45) is 17.3 Å². The van der Waals surface area contributed by atoms with Gasteiger partial charge in [-0.1, -0.05) is 77.4 Å². The van der Waals surface area contributed by atoms with Gasteiger partial charge in [-0.15, -0.1) is 0 Å². The summed E-state index contributed by atoms with van der Waals surface area (Å²) in [4.78, 5) is 0. The molecule has 0 aromatic carbocycles. The average molecular weight is 261 g/mol. The molecule has 2 aliphatic rings. The zero-order chi connectivity index (χ0) is 13.6. The van der Waals surface area contributed by atoms with Crippen molar-refractivity contribution in [2.45, 2.75) is 84.5 Å². The van der Waals surface area contributed by atoms with Crippen LogP contribution in [0.4, 0.5) is 0 Å². The van der Waals surface area contributed by atoms with Crippen LogP contribution in [0.5, 0.6) is 0 Å². The Bertz CT molecular complexity index is 264. The van der Waals surface area contributed by atoms with Crippen LogP contribution < -0.4 is 0 Å². The van der Waals surface area contributed by atoms with Crippen molar-refractivity contribution in [1.29, 1.82) is 0 Å². The topological polar surface area (TPSA) is 0 Å². The summed E-state index contributed by atoms with van der Waals surface area (Å²) in [6.45, 7) is 4.62. The maximum atomic E-state index is 2.75. The van der Waals surface area contributed by atoms with Crippen LogP contribution in [-0.4, -0.2) is 0 Å². The van der Waals surface area contributed by atoms with Gasteiger partial charge < -0.3 is 0 Å². The first kappa shape index (κ1) is 15.1. The highest BCUT2D eigenvalue weighted by Gasteiger charge is 2.47. The average Bonchev–Trinajstić information content (AvgIpc) is 3.01. The predicted octanol–water partition coefficient (Wildman–Crippen LogP) is 6.32. The van der Waals surface area contributed by atoms with Crippen LogP contribution in [-0.2, 0) is 0 Å². The van der Waals surface area contributed by atoms with Crippen LogP contribution in [0.25, 0.3) is 0 Å². The molecular weight excluding hydrogens is 228 g/mol. The lowest BCUT2D eigenvalue weighted by atomic mass is 9.69. The minimum absolute atomic E-state index is 0.598. The molecule has 1 saturated carbocycles. The molecule has 0 heteroatoms. The molecule has 2 aliphatic carbocycles. The minimum Gasteiger partial charge on any atom is -0.0848 e. The van der Waals surface area contributed by atoms with E-state index in [0.717, 1.165) is 11.8 Å². The second-order valence-corrected chi connectivity index (χ2v) is 6.91. The Labute approximate surface area is 121 Å². The Kier molecular flexibility index (Phi) is 5.98. The Morgan fingerprint density at radius 3 is 1.89 bits per heavy atom. The zero-order valence-corrected chi connectivity index (χ0v) is 13.2. The smallest absolute Gasteiger partial charge is 0.0168 e. The number of hydrogen-bond donors (Lipinski definition) is 0. The number of hydrogen-bond acceptors (Lipinski definition) is 0. The summed E-state index contributed by atoms with van der Waals surface area (Å²) < 4.78 is 0. The Balaban J connectivity index is 1.81. The van der Waals surface area contributed by atoms with Crippen molar-refractivity contribution in [2.75, 3.05) is 0 Å². The van der Waals surface area contributed by atoms with Gasteiger partial charge in [0, 0.05) is 0 Å². The van der Waals surface area contributed by atoms with Crippen LogP contribution in [0, 0.1) is 23.7 Å². The third-order valence-electron chi connectivity index (χ3n) is 5.39. The van der Waals surface area contributed by atoms with Crippen molar-refractivity contribution >= 4 is 0 Å². The van der Waals surface area contributed by atoms with Crippen molar-refractivity contribution < 1.29 is 0 Å². The minimum atomic E-state index is 0.598. The van der Waals surface area contributed by atoms with Crippen LogP contribution in [0.15, 0.2) is 12.2 Å². The molecule has 0 heterocycles. The van der Waals surface area contributed by atoms with E-state index in [1.54, 1.807) is 0 Å². The van der Waals surface area contributed by atoms with E-state index >= 15 is 0 Å². The van der Waals surface area contributed by atoms with Gasteiger partial charge in [0.2, 0.25) is 0 Å². The van der Waals surface area contributed by atoms with Crippen LogP contribution in [0.3, 0.4) is 0 Å². The van der Waals surface area contributed by atoms with Crippen molar-refractivity contribution in [1.82, 2.24) is 0 Å². The Hall–Kier alpha value is -0.260. The third-order valence-corrected chi connectivity index (χ3v) is 5.39. The quantitative estimate of drug-likeness (QED) is 0.319. The van der Waals surface area contributed by atoms with E-state index in [1.165, 1.54) is 70.6 Å². The lowest BCUT2D eigenvalue weighted by Crippen LogP contribution is -2.26. The fourth-order valence-electron chi connectivity index (χ4n) is 4.25. The van der Waals surface area contributed by atoms with Gasteiger partial charge in [0.1, 0.15) is 0 Å². The SMILES string of the molecule is CCCCCCC1(CCCCCC)[CH]C2C=CC1C2. The number of unbranched alkanes of at least 4 members (excludes halogenated alkanes) is 6. The first-order valence-corrected chi connectivity index (χ1v) is 8.85. The highest BCUT2D eigenvalue weighted by Crippen LogP contribution is 2.56. The maximum Gasteiger partial charge on any atom is -0.0168 e. The Morgan fingerprint density at radius 2 is 1.47 bits per heavy atom. The molecule has 2 rings (SSSR count). The Morgan fingerprint density at radius 1 is 0.842 bits per heavy atom. The number of fused-ring (bicyclic) bond motifs is 2. The summed E-state index contributed by atoms with van der Waals surface area (Å²) in [6, 6.07) is 0. The molecule has 0 N–H and O–H groups in total. The van der Waals surface area contributed by atoms with Gasteiger partial charge in [-0.2, -0.15) is 0 Å². The van der Waals surface area contributed by atoms with Crippen molar-refractivity contribution in [3.05, 3.63) is 18.6 Å². The molecule has 1 fully saturated rings. The summed E-state index contributed by atoms with van der Waals surface area (Å²) in [7, 11) is 0. The molecule has 2 unspecified atom stereocenters. The predicted molar refractivity (Wildman–Crippen MR) is 85.0 cm³/mol. The molecule has 19 heavy (non-hydrogen) atoms. The van der Waals surface area contributed by atoms with Crippen molar-refractivity contribution in [3.63, 3.8) is 0 Å². The van der Waals surface area contributed by atoms with Gasteiger partial charge in [0.15, 0.2) is 0 Å². The summed E-state index contributed by atoms with van der Waals surface area (Å²) in [5.41, 5.74) is 0.598. The molecule has 2 atom stereocenters. The molecule has 109 valence electrons. The fraction of sp³-hybridized carbons (Fsp3) is 0.842. The highest BCUT2D eigenvalue weighted by atomic mass is 14.5. The van der Waals surface area contributed by atoms with E-state index in [-0.39, 0.29) is 0 Å². The van der Waals surface area contributed by atoms with Crippen molar-refractivity contribution in [3.8, 4) is 0 Å². The zero-order valence-electron chi connectivity index (χ0n) is 13.2. The molecule has 0 saturated heterocycles. The van der Waals surface area contributed by atoms with Gasteiger partial charge in [0.25, 0.3) is 0 Å². The molecular formula is C19H33. The van der Waals surface area contributed by atoms with Crippen LogP contribution in [0.2, 0.25) is 0 Å². The van der Waals surface area contributed by atoms with Crippen LogP contribution >= 0.6 is 0 Å². The molecule has 0 aromatic rings. The van der Waals surface area contributed by atoms with Gasteiger partial charge in [-0.05, 0) is 42.9 Å². The third kappa shape index (κ3) is 3.86. The lowest BCUT2D eigenvalue weighted by Gasteiger charge is -2.36. The fourth-order valence-corrected chi connectivity index (χ4v) is 4.25. The van der Waals surface area contributed by atoms with E-state index in [9.17, 15) is 0 Å². The summed E-state index contributed by atoms with van der Waals surface area (Å²) in [6.07, 6.45) is 23.5. The number of allylic oxidation sites excluding steroid dienone is 2. The second-order valence-electron chi connectivity index (χ2n) is 6.91. The summed E-state index contributed by atoms with van der Waals surface area (Å²) in [5, 5.41) is 0. The molecule has 2 bridgehead atoms. The molecule has 0 aliphatic heterocycles. The molecule has 0 amide bonds. The molecule has 0 nitrogen and oxygen atoms in total. The normalized spacial score (nSPS) is 27.3. The highest BCUT2D eigenvalue weighted by molar-refractivity contribution is 5.23. The monoisotopic (exact) mass is 261 g/mol. The first-order chi connectivity index (χ1) is 9.30. The summed E-state index contributed by atoms with van der Waals surface area (Å²) >= 11 is 0. The largest absolute Gasteiger partial charge is 0.0848 e. The lowest BCUT2D eigenvalue weighted by molar-refractivity contribution is 0.225. The molecule has 1 radical (unpaired) electrons. The van der Waals surface area contributed by atoms with E-state index in [2.05, 4.69) is 32.4 Å². The maximum absolute atomic E-state index is 2.75. The van der Waals surface area contributed by atoms with Gasteiger partial charge in [0.05, 0.1) is 0 Å².